The molecule has 0 unspecified atom stereocenters. The van der Waals surface area contributed by atoms with E-state index in [0.717, 1.165) is 20.9 Å². The Kier molecular flexibility index (Phi) is 2.82. The van der Waals surface area contributed by atoms with Crippen molar-refractivity contribution in [2.45, 2.75) is 0 Å². The van der Waals surface area contributed by atoms with Gasteiger partial charge in [-0.05, 0) is 24.3 Å². The van der Waals surface area contributed by atoms with E-state index in [-0.39, 0.29) is 0 Å². The van der Waals surface area contributed by atoms with Crippen molar-refractivity contribution in [1.29, 1.82) is 0 Å². The van der Waals surface area contributed by atoms with Crippen LogP contribution < -0.4 is 0 Å². The lowest BCUT2D eigenvalue weighted by Gasteiger charge is -1.97. The third kappa shape index (κ3) is 2.18. The van der Waals surface area contributed by atoms with Crippen LogP contribution in [0.25, 0.3) is 16.4 Å². The van der Waals surface area contributed by atoms with Crippen molar-refractivity contribution in [2.75, 3.05) is 0 Å². The minimum atomic E-state index is 0.993. The highest BCUT2D eigenvalue weighted by Crippen LogP contribution is 2.25. The van der Waals surface area contributed by atoms with Gasteiger partial charge in [-0.25, -0.2) is 4.98 Å². The first-order valence-corrected chi connectivity index (χ1v) is 6.85. The van der Waals surface area contributed by atoms with Crippen molar-refractivity contribution >= 4 is 27.3 Å². The quantitative estimate of drug-likeness (QED) is 0.687. The van der Waals surface area contributed by atoms with Crippen molar-refractivity contribution in [3.8, 4) is 16.4 Å². The van der Waals surface area contributed by atoms with Crippen LogP contribution in [0.15, 0.2) is 58.6 Å². The Bertz CT molecular complexity index is 611. The molecule has 0 fully saturated rings. The molecule has 2 nitrogen and oxygen atoms in total. The fourth-order valence-corrected chi connectivity index (χ4v) is 2.66. The van der Waals surface area contributed by atoms with Crippen molar-refractivity contribution in [2.24, 2.45) is 0 Å². The predicted molar refractivity (Wildman–Crippen MR) is 74.6 cm³/mol. The summed E-state index contributed by atoms with van der Waals surface area (Å²) in [5, 5.41) is 3.08. The van der Waals surface area contributed by atoms with E-state index in [0.29, 0.717) is 0 Å². The lowest BCUT2D eigenvalue weighted by molar-refractivity contribution is 1.05. The number of aromatic nitrogens is 2. The van der Waals surface area contributed by atoms with Crippen LogP contribution >= 0.6 is 27.3 Å². The number of rotatable bonds is 2. The van der Waals surface area contributed by atoms with E-state index < -0.39 is 0 Å². The molecule has 2 heterocycles. The van der Waals surface area contributed by atoms with Crippen LogP contribution in [0.2, 0.25) is 0 Å². The molecule has 0 saturated carbocycles. The molecule has 0 bridgehead atoms. The van der Waals surface area contributed by atoms with E-state index in [1.807, 2.05) is 41.2 Å². The first-order valence-electron chi connectivity index (χ1n) is 5.18. The van der Waals surface area contributed by atoms with E-state index in [1.165, 1.54) is 0 Å². The first-order chi connectivity index (χ1) is 8.33. The monoisotopic (exact) mass is 304 g/mol. The van der Waals surface area contributed by atoms with Gasteiger partial charge in [0.05, 0.1) is 5.69 Å². The van der Waals surface area contributed by atoms with Crippen molar-refractivity contribution < 1.29 is 0 Å². The Labute approximate surface area is 112 Å². The number of thiazole rings is 1. The second-order valence-electron chi connectivity index (χ2n) is 3.61. The lowest BCUT2D eigenvalue weighted by Crippen LogP contribution is -1.87. The second-order valence-corrected chi connectivity index (χ2v) is 5.36. The fraction of sp³-hybridized carbons (Fsp3) is 0. The maximum Gasteiger partial charge on any atom is 0.194 e. The number of nitrogens with zero attached hydrogens (tertiary/aromatic N) is 2. The molecule has 0 aliphatic carbocycles. The molecule has 0 atom stereocenters. The summed E-state index contributed by atoms with van der Waals surface area (Å²) in [6, 6.07) is 12.2. The molecule has 0 spiro atoms. The Hall–Kier alpha value is -1.39. The first kappa shape index (κ1) is 10.7. The van der Waals surface area contributed by atoms with Gasteiger partial charge in [-0.2, -0.15) is 0 Å². The molecule has 0 N–H and O–H groups in total. The lowest BCUT2D eigenvalue weighted by atomic mass is 10.2. The highest BCUT2D eigenvalue weighted by atomic mass is 79.9. The Morgan fingerprint density at radius 1 is 1.06 bits per heavy atom. The SMILES string of the molecule is Brc1ccc(-c2csc(-n3cccc3)n2)cc1. The third-order valence-corrected chi connectivity index (χ3v) is 3.84. The zero-order valence-corrected chi connectivity index (χ0v) is 11.3. The van der Waals surface area contributed by atoms with Crippen LogP contribution in [0.4, 0.5) is 0 Å². The van der Waals surface area contributed by atoms with Crippen LogP contribution in [0.3, 0.4) is 0 Å². The zero-order chi connectivity index (χ0) is 11.7. The van der Waals surface area contributed by atoms with Crippen LogP contribution in [0, 0.1) is 0 Å². The molecule has 0 aliphatic heterocycles. The highest BCUT2D eigenvalue weighted by molar-refractivity contribution is 9.10. The molecule has 0 radical (unpaired) electrons. The van der Waals surface area contributed by atoms with Gasteiger partial charge < -0.3 is 4.57 Å². The minimum absolute atomic E-state index is 0.993. The smallest absolute Gasteiger partial charge is 0.194 e. The summed E-state index contributed by atoms with van der Waals surface area (Å²) in [4.78, 5) is 4.62. The molecule has 3 rings (SSSR count). The van der Waals surface area contributed by atoms with Gasteiger partial charge in [0, 0.05) is 27.8 Å². The van der Waals surface area contributed by atoms with Gasteiger partial charge in [0.15, 0.2) is 5.13 Å². The Morgan fingerprint density at radius 2 is 1.76 bits per heavy atom. The summed E-state index contributed by atoms with van der Waals surface area (Å²) in [6.07, 6.45) is 4.01. The zero-order valence-electron chi connectivity index (χ0n) is 8.88. The molecule has 17 heavy (non-hydrogen) atoms. The standard InChI is InChI=1S/C13H9BrN2S/c14-11-5-3-10(4-6-11)12-9-17-13(15-12)16-7-1-2-8-16/h1-9H. The van der Waals surface area contributed by atoms with Gasteiger partial charge >= 0.3 is 0 Å². The average molecular weight is 305 g/mol. The van der Waals surface area contributed by atoms with Gasteiger partial charge in [0.25, 0.3) is 0 Å². The van der Waals surface area contributed by atoms with E-state index in [2.05, 4.69) is 38.4 Å². The Morgan fingerprint density at radius 3 is 2.47 bits per heavy atom. The van der Waals surface area contributed by atoms with Crippen LogP contribution in [-0.2, 0) is 0 Å². The molecule has 0 saturated heterocycles. The van der Waals surface area contributed by atoms with Crippen molar-refractivity contribution in [3.63, 3.8) is 0 Å². The highest BCUT2D eigenvalue weighted by Gasteiger charge is 2.05. The van der Waals surface area contributed by atoms with Crippen molar-refractivity contribution in [3.05, 3.63) is 58.6 Å². The minimum Gasteiger partial charge on any atom is -0.300 e. The number of halogens is 1. The van der Waals surface area contributed by atoms with Gasteiger partial charge in [-0.3, -0.25) is 0 Å². The van der Waals surface area contributed by atoms with Crippen LogP contribution in [0.1, 0.15) is 0 Å². The molecule has 1 aromatic carbocycles. The topological polar surface area (TPSA) is 17.8 Å². The van der Waals surface area contributed by atoms with Gasteiger partial charge in [0.2, 0.25) is 0 Å². The maximum absolute atomic E-state index is 4.62. The molecule has 3 aromatic rings. The molecule has 84 valence electrons. The number of benzene rings is 1. The molecular formula is C13H9BrN2S. The summed E-state index contributed by atoms with van der Waals surface area (Å²) in [5.74, 6) is 0. The third-order valence-electron chi connectivity index (χ3n) is 2.46. The average Bonchev–Trinajstić information content (AvgIpc) is 3.00. The van der Waals surface area contributed by atoms with Crippen LogP contribution in [-0.4, -0.2) is 9.55 Å². The summed E-state index contributed by atoms with van der Waals surface area (Å²) in [5.41, 5.74) is 2.16. The largest absolute Gasteiger partial charge is 0.300 e. The molecular weight excluding hydrogens is 296 g/mol. The maximum atomic E-state index is 4.62. The molecule has 4 heteroatoms. The summed E-state index contributed by atoms with van der Waals surface area (Å²) in [7, 11) is 0. The molecule has 2 aromatic heterocycles. The van der Waals surface area contributed by atoms with E-state index >= 15 is 0 Å². The van der Waals surface area contributed by atoms with Crippen LogP contribution in [0.5, 0.6) is 0 Å². The second kappa shape index (κ2) is 4.47. The van der Waals surface area contributed by atoms with E-state index in [9.17, 15) is 0 Å². The van der Waals surface area contributed by atoms with Crippen molar-refractivity contribution in [1.82, 2.24) is 9.55 Å². The van der Waals surface area contributed by atoms with E-state index in [1.54, 1.807) is 11.3 Å². The number of hydrogen-bond donors (Lipinski definition) is 0. The Balaban J connectivity index is 1.98. The summed E-state index contributed by atoms with van der Waals surface area (Å²) < 4.78 is 3.11. The van der Waals surface area contributed by atoms with E-state index in [4.69, 9.17) is 0 Å². The molecule has 0 aliphatic rings. The normalized spacial score (nSPS) is 10.6. The van der Waals surface area contributed by atoms with Gasteiger partial charge in [0.1, 0.15) is 0 Å². The predicted octanol–water partition coefficient (Wildman–Crippen LogP) is 4.36. The number of hydrogen-bond acceptors (Lipinski definition) is 2. The van der Waals surface area contributed by atoms with Gasteiger partial charge in [-0.1, -0.05) is 28.1 Å². The summed E-state index contributed by atoms with van der Waals surface area (Å²) >= 11 is 5.08. The van der Waals surface area contributed by atoms with Gasteiger partial charge in [-0.15, -0.1) is 11.3 Å². The fourth-order valence-electron chi connectivity index (χ4n) is 1.60. The summed E-state index contributed by atoms with van der Waals surface area (Å²) in [6.45, 7) is 0. The molecule has 0 amide bonds.